The minimum atomic E-state index is -3.56. The summed E-state index contributed by atoms with van der Waals surface area (Å²) < 4.78 is 38.0. The maximum Gasteiger partial charge on any atom is 0.218 e. The summed E-state index contributed by atoms with van der Waals surface area (Å²) in [5.41, 5.74) is 4.63. The lowest BCUT2D eigenvalue weighted by Gasteiger charge is -2.37. The van der Waals surface area contributed by atoms with E-state index in [4.69, 9.17) is 5.73 Å². The van der Waals surface area contributed by atoms with Crippen molar-refractivity contribution in [1.82, 2.24) is 4.98 Å². The predicted octanol–water partition coefficient (Wildman–Crippen LogP) is 1.76. The average Bonchev–Trinajstić information content (AvgIpc) is 2.29. The fraction of sp³-hybridized carbons (Fsp3) is 0.500. The standard InChI is InChI=1S/C12H15BrFN3O2S/c1-11(2)10(15)17-12(3,6-20(11,18)19)8-4-7(13)5-16-9(8)14/h4-5H,6H2,1-3H3,(H2,15,17)/t12-/m0/s1. The van der Waals surface area contributed by atoms with Gasteiger partial charge in [-0.05, 0) is 42.8 Å². The van der Waals surface area contributed by atoms with E-state index in [1.807, 2.05) is 0 Å². The van der Waals surface area contributed by atoms with Gasteiger partial charge in [-0.25, -0.2) is 13.4 Å². The lowest BCUT2D eigenvalue weighted by Crippen LogP contribution is -2.55. The molecule has 0 saturated heterocycles. The van der Waals surface area contributed by atoms with Crippen LogP contribution in [0.25, 0.3) is 0 Å². The zero-order valence-corrected chi connectivity index (χ0v) is 13.7. The topological polar surface area (TPSA) is 85.4 Å². The third kappa shape index (κ3) is 2.24. The number of nitrogens with two attached hydrogens (primary N) is 1. The van der Waals surface area contributed by atoms with Crippen molar-refractivity contribution in [3.05, 3.63) is 28.2 Å². The largest absolute Gasteiger partial charge is 0.386 e. The van der Waals surface area contributed by atoms with Crippen LogP contribution in [-0.2, 0) is 15.4 Å². The second kappa shape index (κ2) is 4.49. The molecule has 1 aromatic heterocycles. The number of aliphatic imine (C=N–C) groups is 1. The van der Waals surface area contributed by atoms with Crippen molar-refractivity contribution in [3.8, 4) is 0 Å². The lowest BCUT2D eigenvalue weighted by molar-refractivity contribution is 0.463. The van der Waals surface area contributed by atoms with Crippen LogP contribution < -0.4 is 5.73 Å². The summed E-state index contributed by atoms with van der Waals surface area (Å²) in [5, 5.41) is 0. The number of hydrogen-bond acceptors (Lipinski definition) is 5. The van der Waals surface area contributed by atoms with Crippen LogP contribution in [0.5, 0.6) is 0 Å². The zero-order valence-electron chi connectivity index (χ0n) is 11.3. The summed E-state index contributed by atoms with van der Waals surface area (Å²) in [7, 11) is -3.56. The molecule has 8 heteroatoms. The SMILES string of the molecule is CC1(C)C(N)=N[C@](C)(c2cc(Br)cnc2F)CS1(=O)=O. The first kappa shape index (κ1) is 15.4. The Morgan fingerprint density at radius 1 is 1.40 bits per heavy atom. The van der Waals surface area contributed by atoms with Crippen LogP contribution in [0.1, 0.15) is 26.3 Å². The van der Waals surface area contributed by atoms with E-state index in [1.165, 1.54) is 26.1 Å². The van der Waals surface area contributed by atoms with Gasteiger partial charge in [-0.15, -0.1) is 0 Å². The summed E-state index contributed by atoms with van der Waals surface area (Å²) in [6, 6.07) is 1.48. The normalized spacial score (nSPS) is 27.9. The third-order valence-electron chi connectivity index (χ3n) is 3.62. The molecule has 0 aromatic carbocycles. The number of nitrogens with zero attached hydrogens (tertiary/aromatic N) is 2. The quantitative estimate of drug-likeness (QED) is 0.770. The Hall–Kier alpha value is -1.02. The van der Waals surface area contributed by atoms with Crippen molar-refractivity contribution in [2.75, 3.05) is 5.75 Å². The first-order valence-electron chi connectivity index (χ1n) is 5.89. The smallest absolute Gasteiger partial charge is 0.218 e. The number of hydrogen-bond donors (Lipinski definition) is 1. The van der Waals surface area contributed by atoms with E-state index in [2.05, 4.69) is 25.9 Å². The maximum absolute atomic E-state index is 13.9. The van der Waals surface area contributed by atoms with E-state index in [0.717, 1.165) is 0 Å². The van der Waals surface area contributed by atoms with Crippen LogP contribution in [0.4, 0.5) is 4.39 Å². The van der Waals surface area contributed by atoms with Gasteiger partial charge in [0.05, 0.1) is 5.75 Å². The van der Waals surface area contributed by atoms with Gasteiger partial charge in [-0.3, -0.25) is 4.99 Å². The predicted molar refractivity (Wildman–Crippen MR) is 78.7 cm³/mol. The van der Waals surface area contributed by atoms with E-state index < -0.39 is 26.1 Å². The van der Waals surface area contributed by atoms with Crippen LogP contribution >= 0.6 is 15.9 Å². The molecule has 0 unspecified atom stereocenters. The molecule has 2 heterocycles. The first-order chi connectivity index (χ1) is 8.99. The molecule has 0 radical (unpaired) electrons. The van der Waals surface area contributed by atoms with Gasteiger partial charge in [0, 0.05) is 16.2 Å². The van der Waals surface area contributed by atoms with Crippen LogP contribution in [0.15, 0.2) is 21.7 Å². The van der Waals surface area contributed by atoms with Crippen molar-refractivity contribution < 1.29 is 12.8 Å². The van der Waals surface area contributed by atoms with Gasteiger partial charge in [0.15, 0.2) is 9.84 Å². The van der Waals surface area contributed by atoms with E-state index >= 15 is 0 Å². The molecule has 1 aliphatic heterocycles. The highest BCUT2D eigenvalue weighted by Crippen LogP contribution is 2.37. The number of halogens is 2. The molecule has 20 heavy (non-hydrogen) atoms. The molecule has 0 bridgehead atoms. The minimum absolute atomic E-state index is 0.0226. The molecular formula is C12H15BrFN3O2S. The fourth-order valence-electron chi connectivity index (χ4n) is 2.08. The second-order valence-electron chi connectivity index (χ2n) is 5.53. The number of sulfone groups is 1. The Morgan fingerprint density at radius 2 is 2.00 bits per heavy atom. The van der Waals surface area contributed by atoms with Gasteiger partial charge < -0.3 is 5.73 Å². The molecule has 1 aliphatic rings. The molecule has 2 rings (SSSR count). The number of pyridine rings is 1. The highest BCUT2D eigenvalue weighted by atomic mass is 79.9. The summed E-state index contributed by atoms with van der Waals surface area (Å²) >= 11 is 3.19. The van der Waals surface area contributed by atoms with Crippen molar-refractivity contribution in [3.63, 3.8) is 0 Å². The maximum atomic E-state index is 13.9. The summed E-state index contributed by atoms with van der Waals surface area (Å²) in [6.07, 6.45) is 1.30. The number of amidine groups is 1. The monoisotopic (exact) mass is 363 g/mol. The van der Waals surface area contributed by atoms with Gasteiger partial charge in [-0.2, -0.15) is 4.39 Å². The van der Waals surface area contributed by atoms with E-state index in [-0.39, 0.29) is 17.2 Å². The summed E-state index contributed by atoms with van der Waals surface area (Å²) in [5.74, 6) is -1.09. The van der Waals surface area contributed by atoms with Crippen LogP contribution in [0.3, 0.4) is 0 Å². The van der Waals surface area contributed by atoms with Crippen molar-refractivity contribution in [2.45, 2.75) is 31.1 Å². The van der Waals surface area contributed by atoms with Gasteiger partial charge >= 0.3 is 0 Å². The summed E-state index contributed by atoms with van der Waals surface area (Å²) in [6.45, 7) is 4.53. The Morgan fingerprint density at radius 3 is 2.55 bits per heavy atom. The Kier molecular flexibility index (Phi) is 3.45. The number of aromatic nitrogens is 1. The molecule has 0 spiro atoms. The Labute approximate surface area is 125 Å². The van der Waals surface area contributed by atoms with Crippen molar-refractivity contribution in [1.29, 1.82) is 0 Å². The van der Waals surface area contributed by atoms with Gasteiger partial charge in [0.1, 0.15) is 16.1 Å². The second-order valence-corrected chi connectivity index (χ2v) is 8.99. The Balaban J connectivity index is 2.69. The molecule has 1 aromatic rings. The van der Waals surface area contributed by atoms with Crippen molar-refractivity contribution in [2.24, 2.45) is 10.7 Å². The van der Waals surface area contributed by atoms with Gasteiger partial charge in [-0.1, -0.05) is 0 Å². The highest BCUT2D eigenvalue weighted by Gasteiger charge is 2.49. The fourth-order valence-corrected chi connectivity index (χ4v) is 4.10. The average molecular weight is 364 g/mol. The third-order valence-corrected chi connectivity index (χ3v) is 6.76. The molecule has 5 nitrogen and oxygen atoms in total. The van der Waals surface area contributed by atoms with Gasteiger partial charge in [0.2, 0.25) is 5.95 Å². The molecule has 110 valence electrons. The van der Waals surface area contributed by atoms with Crippen LogP contribution in [0, 0.1) is 5.95 Å². The molecule has 1 atom stereocenters. The molecule has 0 fully saturated rings. The van der Waals surface area contributed by atoms with E-state index in [9.17, 15) is 12.8 Å². The van der Waals surface area contributed by atoms with Crippen molar-refractivity contribution >= 4 is 31.6 Å². The summed E-state index contributed by atoms with van der Waals surface area (Å²) in [4.78, 5) is 7.84. The van der Waals surface area contributed by atoms with Gasteiger partial charge in [0.25, 0.3) is 0 Å². The minimum Gasteiger partial charge on any atom is -0.386 e. The van der Waals surface area contributed by atoms with Crippen LogP contribution in [0.2, 0.25) is 0 Å². The Bertz CT molecular complexity index is 703. The van der Waals surface area contributed by atoms with E-state index in [1.54, 1.807) is 6.92 Å². The van der Waals surface area contributed by atoms with Crippen LogP contribution in [-0.4, -0.2) is 29.7 Å². The zero-order chi connectivity index (χ0) is 15.3. The first-order valence-corrected chi connectivity index (χ1v) is 8.34. The molecule has 2 N–H and O–H groups in total. The number of rotatable bonds is 1. The molecular weight excluding hydrogens is 349 g/mol. The molecule has 0 amide bonds. The molecule has 0 saturated carbocycles. The lowest BCUT2D eigenvalue weighted by atomic mass is 9.95. The molecule has 0 aliphatic carbocycles. The van der Waals surface area contributed by atoms with E-state index in [0.29, 0.717) is 4.47 Å². The highest BCUT2D eigenvalue weighted by molar-refractivity contribution is 9.10.